The minimum absolute atomic E-state index is 0.0432. The highest BCUT2D eigenvalue weighted by atomic mass is 16.2. The largest absolute Gasteiger partial charge is 0.340 e. The second-order valence-corrected chi connectivity index (χ2v) is 6.41. The van der Waals surface area contributed by atoms with Gasteiger partial charge in [-0.3, -0.25) is 4.79 Å². The van der Waals surface area contributed by atoms with Gasteiger partial charge in [-0.25, -0.2) is 9.67 Å². The van der Waals surface area contributed by atoms with Gasteiger partial charge in [-0.15, -0.1) is 5.10 Å². The molecular weight excluding hydrogens is 318 g/mol. The second kappa shape index (κ2) is 7.00. The van der Waals surface area contributed by atoms with E-state index in [2.05, 4.69) is 20.5 Å². The van der Waals surface area contributed by atoms with Crippen LogP contribution in [0.25, 0.3) is 11.0 Å². The Bertz CT molecular complexity index is 809. The summed E-state index contributed by atoms with van der Waals surface area (Å²) in [6, 6.07) is 8.04. The first-order chi connectivity index (χ1) is 12.3. The highest BCUT2D eigenvalue weighted by molar-refractivity contribution is 5.77. The van der Waals surface area contributed by atoms with E-state index in [1.54, 1.807) is 11.0 Å². The van der Waals surface area contributed by atoms with E-state index in [4.69, 9.17) is 4.98 Å². The smallest absolute Gasteiger partial charge is 0.223 e. The van der Waals surface area contributed by atoms with Gasteiger partial charge in [0.2, 0.25) is 5.91 Å². The Kier molecular flexibility index (Phi) is 4.41. The molecule has 0 unspecified atom stereocenters. The molecule has 1 aliphatic rings. The number of hydrogen-bond acceptors (Lipinski definition) is 5. The van der Waals surface area contributed by atoms with Crippen LogP contribution in [0.1, 0.15) is 44.0 Å². The van der Waals surface area contributed by atoms with Crippen molar-refractivity contribution in [3.8, 4) is 0 Å². The Morgan fingerprint density at radius 3 is 3.04 bits per heavy atom. The number of carbonyl (C=O) groups excluding carboxylic acids is 1. The summed E-state index contributed by atoms with van der Waals surface area (Å²) in [4.78, 5) is 22.8. The molecular formula is C17H21N7O. The minimum atomic E-state index is 0.0432. The van der Waals surface area contributed by atoms with Crippen LogP contribution in [0, 0.1) is 0 Å². The first-order valence-electron chi connectivity index (χ1n) is 8.76. The molecule has 0 radical (unpaired) electrons. The van der Waals surface area contributed by atoms with E-state index < -0.39 is 0 Å². The van der Waals surface area contributed by atoms with Crippen molar-refractivity contribution in [2.24, 2.45) is 0 Å². The van der Waals surface area contributed by atoms with E-state index in [1.807, 2.05) is 29.2 Å². The normalized spacial score (nSPS) is 17.9. The first kappa shape index (κ1) is 15.7. The van der Waals surface area contributed by atoms with Gasteiger partial charge in [-0.1, -0.05) is 12.1 Å². The van der Waals surface area contributed by atoms with Crippen molar-refractivity contribution >= 4 is 16.9 Å². The molecule has 0 saturated carbocycles. The second-order valence-electron chi connectivity index (χ2n) is 6.41. The molecule has 1 aromatic carbocycles. The fraction of sp³-hybridized carbons (Fsp3) is 0.471. The summed E-state index contributed by atoms with van der Waals surface area (Å²) in [5.41, 5.74) is 1.98. The van der Waals surface area contributed by atoms with E-state index in [0.29, 0.717) is 13.0 Å². The summed E-state index contributed by atoms with van der Waals surface area (Å²) >= 11 is 0. The van der Waals surface area contributed by atoms with Crippen molar-refractivity contribution in [2.75, 3.05) is 6.54 Å². The zero-order valence-corrected chi connectivity index (χ0v) is 14.0. The average Bonchev–Trinajstić information content (AvgIpc) is 3.31. The van der Waals surface area contributed by atoms with Gasteiger partial charge in [0.1, 0.15) is 12.2 Å². The maximum atomic E-state index is 12.7. The number of rotatable bonds is 5. The predicted octanol–water partition coefficient (Wildman–Crippen LogP) is 2.08. The number of likely N-dealkylation sites (tertiary alicyclic amines) is 1. The Labute approximate surface area is 145 Å². The number of amides is 1. The predicted molar refractivity (Wildman–Crippen MR) is 91.4 cm³/mol. The number of tetrazole rings is 1. The van der Waals surface area contributed by atoms with Crippen LogP contribution in [0.2, 0.25) is 0 Å². The summed E-state index contributed by atoms with van der Waals surface area (Å²) < 4.78 is 1.65. The zero-order valence-electron chi connectivity index (χ0n) is 14.0. The topological polar surface area (TPSA) is 92.6 Å². The van der Waals surface area contributed by atoms with Gasteiger partial charge in [0.25, 0.3) is 0 Å². The van der Waals surface area contributed by atoms with Crippen molar-refractivity contribution in [1.29, 1.82) is 0 Å². The maximum absolute atomic E-state index is 12.7. The number of nitrogens with one attached hydrogen (secondary N) is 1. The lowest BCUT2D eigenvalue weighted by Crippen LogP contribution is -2.39. The van der Waals surface area contributed by atoms with E-state index in [1.165, 1.54) is 0 Å². The maximum Gasteiger partial charge on any atom is 0.223 e. The molecule has 3 aromatic rings. The number of aryl methyl sites for hydroxylation is 1. The summed E-state index contributed by atoms with van der Waals surface area (Å²) in [6.45, 7) is 1.45. The molecule has 1 fully saturated rings. The SMILES string of the molecule is O=C(CCCn1cnnn1)N1CCCC[C@H]1c1nc2ccccc2[nH]1. The highest BCUT2D eigenvalue weighted by Crippen LogP contribution is 2.31. The van der Waals surface area contributed by atoms with Crippen LogP contribution in [-0.4, -0.2) is 47.5 Å². The standard InChI is InChI=1S/C17H21N7O/c25-16(9-5-10-23-12-18-21-22-23)24-11-4-3-8-15(24)17-19-13-6-1-2-7-14(13)20-17/h1-2,6-7,12,15H,3-5,8-11H2,(H,19,20)/t15-/m0/s1. The quantitative estimate of drug-likeness (QED) is 0.768. The molecule has 1 amide bonds. The van der Waals surface area contributed by atoms with Crippen LogP contribution in [0.5, 0.6) is 0 Å². The fourth-order valence-corrected chi connectivity index (χ4v) is 3.46. The van der Waals surface area contributed by atoms with Crippen LogP contribution < -0.4 is 0 Å². The molecule has 25 heavy (non-hydrogen) atoms. The Morgan fingerprint density at radius 2 is 2.20 bits per heavy atom. The molecule has 130 valence electrons. The number of piperidine rings is 1. The molecule has 1 N–H and O–H groups in total. The number of hydrogen-bond donors (Lipinski definition) is 1. The van der Waals surface area contributed by atoms with Crippen LogP contribution >= 0.6 is 0 Å². The number of aromatic nitrogens is 6. The van der Waals surface area contributed by atoms with Gasteiger partial charge in [0.05, 0.1) is 17.1 Å². The zero-order chi connectivity index (χ0) is 17.1. The fourth-order valence-electron chi connectivity index (χ4n) is 3.46. The number of aromatic amines is 1. The molecule has 0 bridgehead atoms. The van der Waals surface area contributed by atoms with Crippen LogP contribution in [0.4, 0.5) is 0 Å². The Hall–Kier alpha value is -2.77. The molecule has 0 aliphatic carbocycles. The molecule has 3 heterocycles. The number of carbonyl (C=O) groups is 1. The van der Waals surface area contributed by atoms with Gasteiger partial charge in [0, 0.05) is 19.5 Å². The number of imidazole rings is 1. The molecule has 1 saturated heterocycles. The van der Waals surface area contributed by atoms with Crippen LogP contribution in [-0.2, 0) is 11.3 Å². The minimum Gasteiger partial charge on any atom is -0.340 e. The number of benzene rings is 1. The van der Waals surface area contributed by atoms with Crippen molar-refractivity contribution in [3.63, 3.8) is 0 Å². The Balaban J connectivity index is 1.45. The van der Waals surface area contributed by atoms with Crippen molar-refractivity contribution in [1.82, 2.24) is 35.1 Å². The molecule has 4 rings (SSSR count). The van der Waals surface area contributed by atoms with Gasteiger partial charge < -0.3 is 9.88 Å². The van der Waals surface area contributed by atoms with E-state index >= 15 is 0 Å². The van der Waals surface area contributed by atoms with Crippen LogP contribution in [0.3, 0.4) is 0 Å². The summed E-state index contributed by atoms with van der Waals surface area (Å²) in [5.74, 6) is 1.08. The number of para-hydroxylation sites is 2. The third kappa shape index (κ3) is 3.38. The summed E-state index contributed by atoms with van der Waals surface area (Å²) in [6.07, 6.45) is 5.93. The number of fused-ring (bicyclic) bond motifs is 1. The van der Waals surface area contributed by atoms with Crippen molar-refractivity contribution in [3.05, 3.63) is 36.4 Å². The third-order valence-corrected chi connectivity index (χ3v) is 4.72. The van der Waals surface area contributed by atoms with Gasteiger partial charge >= 0.3 is 0 Å². The molecule has 0 spiro atoms. The van der Waals surface area contributed by atoms with Crippen molar-refractivity contribution in [2.45, 2.75) is 44.7 Å². The number of nitrogens with zero attached hydrogens (tertiary/aromatic N) is 6. The molecule has 1 atom stereocenters. The highest BCUT2D eigenvalue weighted by Gasteiger charge is 2.29. The molecule has 1 aliphatic heterocycles. The summed E-state index contributed by atoms with van der Waals surface area (Å²) in [7, 11) is 0. The van der Waals surface area contributed by atoms with Crippen LogP contribution in [0.15, 0.2) is 30.6 Å². The first-order valence-corrected chi connectivity index (χ1v) is 8.76. The Morgan fingerprint density at radius 1 is 1.28 bits per heavy atom. The van der Waals surface area contributed by atoms with Crippen molar-refractivity contribution < 1.29 is 4.79 Å². The molecule has 8 heteroatoms. The summed E-state index contributed by atoms with van der Waals surface area (Å²) in [5, 5.41) is 11.0. The van der Waals surface area contributed by atoms with E-state index in [0.717, 1.165) is 49.1 Å². The lowest BCUT2D eigenvalue weighted by molar-refractivity contribution is -0.135. The van der Waals surface area contributed by atoms with E-state index in [-0.39, 0.29) is 11.9 Å². The third-order valence-electron chi connectivity index (χ3n) is 4.72. The lowest BCUT2D eigenvalue weighted by Gasteiger charge is -2.34. The van der Waals surface area contributed by atoms with E-state index in [9.17, 15) is 4.79 Å². The monoisotopic (exact) mass is 339 g/mol. The van der Waals surface area contributed by atoms with Gasteiger partial charge in [-0.05, 0) is 48.2 Å². The lowest BCUT2D eigenvalue weighted by atomic mass is 10.0. The molecule has 2 aromatic heterocycles. The molecule has 8 nitrogen and oxygen atoms in total. The van der Waals surface area contributed by atoms with Gasteiger partial charge in [-0.2, -0.15) is 0 Å². The number of H-pyrrole nitrogens is 1. The average molecular weight is 339 g/mol. The van der Waals surface area contributed by atoms with Gasteiger partial charge in [0.15, 0.2) is 0 Å².